The molecule has 0 saturated carbocycles. The molecule has 2 aliphatic rings. The van der Waals surface area contributed by atoms with Gasteiger partial charge in [0.05, 0.1) is 37.0 Å². The molecular formula is C43H41F6NO5. The molecule has 55 heavy (non-hydrogen) atoms. The Morgan fingerprint density at radius 2 is 1.51 bits per heavy atom. The molecule has 1 fully saturated rings. The lowest BCUT2D eigenvalue weighted by atomic mass is 9.71. The number of allylic oxidation sites excluding steroid dienone is 1. The van der Waals surface area contributed by atoms with Crippen LogP contribution in [-0.2, 0) is 21.8 Å². The first-order valence-corrected chi connectivity index (χ1v) is 17.8. The van der Waals surface area contributed by atoms with Crippen LogP contribution < -0.4 is 4.74 Å². The maximum atomic E-state index is 13.8. The van der Waals surface area contributed by atoms with Crippen molar-refractivity contribution < 1.29 is 50.1 Å². The maximum Gasteiger partial charge on any atom is 0.416 e. The van der Waals surface area contributed by atoms with Crippen molar-refractivity contribution in [1.29, 1.82) is 0 Å². The first kappa shape index (κ1) is 39.4. The second-order valence-electron chi connectivity index (χ2n) is 14.9. The van der Waals surface area contributed by atoms with E-state index in [9.17, 15) is 35.9 Å². The molecule has 6 rings (SSSR count). The smallest absolute Gasteiger partial charge is 0.416 e. The molecule has 1 aliphatic carbocycles. The number of hydrogen-bond donors (Lipinski definition) is 0. The van der Waals surface area contributed by atoms with Crippen molar-refractivity contribution in [2.45, 2.75) is 71.5 Å². The molecule has 0 N–H and O–H groups in total. The number of cyclic esters (lactones) is 1. The highest BCUT2D eigenvalue weighted by molar-refractivity contribution is 5.97. The molecule has 6 nitrogen and oxygen atoms in total. The van der Waals surface area contributed by atoms with Crippen LogP contribution in [0.25, 0.3) is 27.8 Å². The van der Waals surface area contributed by atoms with E-state index in [0.717, 1.165) is 50.9 Å². The molecule has 1 amide bonds. The van der Waals surface area contributed by atoms with Crippen molar-refractivity contribution in [2.75, 3.05) is 20.8 Å². The third-order valence-corrected chi connectivity index (χ3v) is 10.6. The van der Waals surface area contributed by atoms with Crippen molar-refractivity contribution in [1.82, 2.24) is 4.90 Å². The number of methoxy groups -OCH3 is 2. The van der Waals surface area contributed by atoms with Crippen molar-refractivity contribution in [3.8, 4) is 28.0 Å². The number of ether oxygens (including phenoxy) is 3. The number of benzene rings is 4. The lowest BCUT2D eigenvalue weighted by molar-refractivity contribution is -0.143. The normalized spacial score (nSPS) is 18.7. The standard InChI is InChI=1S/C43H41F6NO5/c1-24-18-27(39(51)54-6)12-13-32(24)34-14-15-35(53-5)37(36(34)26-10-8-7-9-11-26)33-16-17-41(3,4)22-29(33)23-50-25(2)38(55-40(50)52)28-19-30(42(44,45)46)21-31(20-28)43(47,48)49/h7-15,18-21,25,38H,16-17,22-23H2,1-6H3/t25-,38+/m1/s1. The molecule has 0 aromatic heterocycles. The summed E-state index contributed by atoms with van der Waals surface area (Å²) in [4.78, 5) is 27.3. The Hall–Kier alpha value is -5.26. The van der Waals surface area contributed by atoms with E-state index in [-0.39, 0.29) is 18.0 Å². The fourth-order valence-electron chi connectivity index (χ4n) is 7.77. The Morgan fingerprint density at radius 3 is 2.09 bits per heavy atom. The molecular weight excluding hydrogens is 724 g/mol. The number of esters is 1. The minimum absolute atomic E-state index is 0.0226. The summed E-state index contributed by atoms with van der Waals surface area (Å²) in [6, 6.07) is 19.3. The summed E-state index contributed by atoms with van der Waals surface area (Å²) >= 11 is 0. The van der Waals surface area contributed by atoms with Gasteiger partial charge in [-0.1, -0.05) is 56.3 Å². The van der Waals surface area contributed by atoms with Gasteiger partial charge in [0.15, 0.2) is 0 Å². The average Bonchev–Trinajstić information content (AvgIpc) is 3.41. The Morgan fingerprint density at radius 1 is 0.873 bits per heavy atom. The number of carbonyl (C=O) groups excluding carboxylic acids is 2. The van der Waals surface area contributed by atoms with Crippen LogP contribution in [0.3, 0.4) is 0 Å². The molecule has 2 atom stereocenters. The molecule has 0 spiro atoms. The second-order valence-corrected chi connectivity index (χ2v) is 14.9. The van der Waals surface area contributed by atoms with Crippen LogP contribution in [0, 0.1) is 12.3 Å². The van der Waals surface area contributed by atoms with E-state index in [1.54, 1.807) is 26.2 Å². The van der Waals surface area contributed by atoms with E-state index in [0.29, 0.717) is 36.3 Å². The molecule has 0 bridgehead atoms. The lowest BCUT2D eigenvalue weighted by Gasteiger charge is -2.36. The lowest BCUT2D eigenvalue weighted by Crippen LogP contribution is -2.35. The fourth-order valence-corrected chi connectivity index (χ4v) is 7.77. The second kappa shape index (κ2) is 14.8. The predicted octanol–water partition coefficient (Wildman–Crippen LogP) is 11.7. The summed E-state index contributed by atoms with van der Waals surface area (Å²) in [6.07, 6.45) is -10.4. The summed E-state index contributed by atoms with van der Waals surface area (Å²) in [6.45, 7) is 7.71. The molecule has 290 valence electrons. The molecule has 0 radical (unpaired) electrons. The fraction of sp³-hybridized carbons (Fsp3) is 0.349. The summed E-state index contributed by atoms with van der Waals surface area (Å²) in [5, 5.41) is 0. The highest BCUT2D eigenvalue weighted by Crippen LogP contribution is 2.51. The molecule has 1 heterocycles. The van der Waals surface area contributed by atoms with Gasteiger partial charge in [0, 0.05) is 17.7 Å². The van der Waals surface area contributed by atoms with Crippen LogP contribution in [0.15, 0.2) is 84.4 Å². The van der Waals surface area contributed by atoms with Gasteiger partial charge in [-0.05, 0) is 114 Å². The Balaban J connectivity index is 1.51. The van der Waals surface area contributed by atoms with Crippen LogP contribution in [-0.4, -0.2) is 43.8 Å². The number of halogens is 6. The monoisotopic (exact) mass is 765 g/mol. The van der Waals surface area contributed by atoms with E-state index in [1.807, 2.05) is 55.5 Å². The van der Waals surface area contributed by atoms with Gasteiger partial charge in [-0.25, -0.2) is 9.59 Å². The van der Waals surface area contributed by atoms with E-state index in [2.05, 4.69) is 13.8 Å². The number of hydrogen-bond acceptors (Lipinski definition) is 5. The number of aryl methyl sites for hydroxylation is 1. The maximum absolute atomic E-state index is 13.8. The topological polar surface area (TPSA) is 65.1 Å². The summed E-state index contributed by atoms with van der Waals surface area (Å²) in [5.74, 6) is 0.121. The first-order chi connectivity index (χ1) is 25.8. The minimum atomic E-state index is -5.05. The van der Waals surface area contributed by atoms with Gasteiger partial charge < -0.3 is 14.2 Å². The van der Waals surface area contributed by atoms with Gasteiger partial charge in [-0.2, -0.15) is 26.3 Å². The Kier molecular flexibility index (Phi) is 10.6. The van der Waals surface area contributed by atoms with Gasteiger partial charge in [0.25, 0.3) is 0 Å². The molecule has 0 unspecified atom stereocenters. The quantitative estimate of drug-likeness (QED) is 0.132. The van der Waals surface area contributed by atoms with Gasteiger partial charge in [-0.15, -0.1) is 0 Å². The van der Waals surface area contributed by atoms with E-state index in [1.165, 1.54) is 12.0 Å². The van der Waals surface area contributed by atoms with Crippen LogP contribution in [0.5, 0.6) is 5.75 Å². The third-order valence-electron chi connectivity index (χ3n) is 10.6. The first-order valence-electron chi connectivity index (χ1n) is 17.8. The van der Waals surface area contributed by atoms with Gasteiger partial charge in [0.1, 0.15) is 11.9 Å². The highest BCUT2D eigenvalue weighted by Gasteiger charge is 2.44. The van der Waals surface area contributed by atoms with Gasteiger partial charge in [-0.3, -0.25) is 4.90 Å². The van der Waals surface area contributed by atoms with Crippen LogP contribution in [0.1, 0.15) is 84.3 Å². The number of alkyl halides is 6. The molecule has 1 aliphatic heterocycles. The zero-order valence-corrected chi connectivity index (χ0v) is 31.2. The van der Waals surface area contributed by atoms with Crippen molar-refractivity contribution in [3.05, 3.63) is 118 Å². The van der Waals surface area contributed by atoms with Crippen molar-refractivity contribution >= 4 is 17.6 Å². The summed E-state index contributed by atoms with van der Waals surface area (Å²) in [5.41, 5.74) is 3.76. The Bertz CT molecular complexity index is 2120. The highest BCUT2D eigenvalue weighted by atomic mass is 19.4. The van der Waals surface area contributed by atoms with E-state index in [4.69, 9.17) is 14.2 Å². The van der Waals surface area contributed by atoms with Gasteiger partial charge in [0.2, 0.25) is 0 Å². The summed E-state index contributed by atoms with van der Waals surface area (Å²) in [7, 11) is 2.90. The van der Waals surface area contributed by atoms with Crippen LogP contribution in [0.2, 0.25) is 0 Å². The molecule has 12 heteroatoms. The zero-order chi connectivity index (χ0) is 40.0. The minimum Gasteiger partial charge on any atom is -0.496 e. The van der Waals surface area contributed by atoms with E-state index < -0.39 is 53.3 Å². The number of rotatable bonds is 8. The molecule has 4 aromatic carbocycles. The van der Waals surface area contributed by atoms with Crippen molar-refractivity contribution in [2.24, 2.45) is 5.41 Å². The third kappa shape index (κ3) is 7.95. The average molecular weight is 766 g/mol. The van der Waals surface area contributed by atoms with Gasteiger partial charge >= 0.3 is 24.4 Å². The largest absolute Gasteiger partial charge is 0.496 e. The molecule has 4 aromatic rings. The molecule has 1 saturated heterocycles. The SMILES string of the molecule is COC(=O)c1ccc(-c2ccc(OC)c(C3=C(CN4C(=O)O[C@H](c5cc(C(F)(F)F)cc(C(F)(F)F)c5)[C@H]4C)CC(C)(C)CC3)c2-c2ccccc2)c(C)c1. The van der Waals surface area contributed by atoms with Crippen molar-refractivity contribution in [3.63, 3.8) is 0 Å². The number of amides is 1. The number of nitrogens with zero attached hydrogens (tertiary/aromatic N) is 1. The van der Waals surface area contributed by atoms with E-state index >= 15 is 0 Å². The predicted molar refractivity (Wildman–Crippen MR) is 196 cm³/mol. The summed E-state index contributed by atoms with van der Waals surface area (Å²) < 4.78 is 99.2. The number of carbonyl (C=O) groups is 2. The van der Waals surface area contributed by atoms with Crippen LogP contribution >= 0.6 is 0 Å². The Labute approximate surface area is 315 Å². The zero-order valence-electron chi connectivity index (χ0n) is 31.2. The van der Waals surface area contributed by atoms with Crippen LogP contribution in [0.4, 0.5) is 31.1 Å².